The van der Waals surface area contributed by atoms with Gasteiger partial charge in [0, 0.05) is 6.54 Å². The Kier molecular flexibility index (Phi) is 5.43. The molecule has 0 fully saturated rings. The third-order valence-corrected chi connectivity index (χ3v) is 3.55. The average molecular weight is 272 g/mol. The van der Waals surface area contributed by atoms with Gasteiger partial charge in [0.1, 0.15) is 12.4 Å². The van der Waals surface area contributed by atoms with Crippen LogP contribution < -0.4 is 15.2 Å². The van der Waals surface area contributed by atoms with E-state index in [1.54, 1.807) is 24.3 Å². The van der Waals surface area contributed by atoms with Crippen molar-refractivity contribution in [3.05, 3.63) is 24.3 Å². The van der Waals surface area contributed by atoms with Gasteiger partial charge in [-0.25, -0.2) is 13.1 Å². The van der Waals surface area contributed by atoms with Crippen molar-refractivity contribution in [2.45, 2.75) is 13.8 Å². The summed E-state index contributed by atoms with van der Waals surface area (Å²) < 4.78 is 31.0. The van der Waals surface area contributed by atoms with Gasteiger partial charge in [-0.05, 0) is 18.1 Å². The minimum absolute atomic E-state index is 0.0753. The number of rotatable bonds is 7. The summed E-state index contributed by atoms with van der Waals surface area (Å²) >= 11 is 0. The highest BCUT2D eigenvalue weighted by atomic mass is 32.2. The van der Waals surface area contributed by atoms with Crippen LogP contribution in [0, 0.1) is 5.92 Å². The smallest absolute Gasteiger partial charge is 0.214 e. The van der Waals surface area contributed by atoms with Gasteiger partial charge in [0.2, 0.25) is 10.0 Å². The van der Waals surface area contributed by atoms with Crippen molar-refractivity contribution >= 4 is 15.7 Å². The van der Waals surface area contributed by atoms with Crippen LogP contribution in [0.1, 0.15) is 13.8 Å². The zero-order valence-corrected chi connectivity index (χ0v) is 11.5. The average Bonchev–Trinajstić information content (AvgIpc) is 2.29. The Morgan fingerprint density at radius 3 is 2.61 bits per heavy atom. The lowest BCUT2D eigenvalue weighted by Gasteiger charge is -2.10. The summed E-state index contributed by atoms with van der Waals surface area (Å²) in [6.45, 7) is 4.42. The number of para-hydroxylation sites is 2. The summed E-state index contributed by atoms with van der Waals surface area (Å²) in [5, 5.41) is 0. The van der Waals surface area contributed by atoms with E-state index in [1.165, 1.54) is 0 Å². The van der Waals surface area contributed by atoms with Crippen molar-refractivity contribution in [3.8, 4) is 5.75 Å². The molecule has 102 valence electrons. The molecule has 0 saturated heterocycles. The fraction of sp³-hybridized carbons (Fsp3) is 0.500. The zero-order chi connectivity index (χ0) is 13.6. The third-order valence-electron chi connectivity index (χ3n) is 2.24. The lowest BCUT2D eigenvalue weighted by Crippen LogP contribution is -2.31. The van der Waals surface area contributed by atoms with Gasteiger partial charge in [0.15, 0.2) is 0 Å². The SMILES string of the molecule is CC(C)CNS(=O)(=O)CCOc1ccccc1N. The van der Waals surface area contributed by atoms with Crippen LogP contribution in [-0.2, 0) is 10.0 Å². The molecule has 0 amide bonds. The normalized spacial score (nSPS) is 11.7. The Bertz CT molecular complexity index is 472. The first kappa shape index (κ1) is 14.8. The summed E-state index contributed by atoms with van der Waals surface area (Å²) in [6.07, 6.45) is 0. The highest BCUT2D eigenvalue weighted by molar-refractivity contribution is 7.89. The predicted molar refractivity (Wildman–Crippen MR) is 73.0 cm³/mol. The topological polar surface area (TPSA) is 81.4 Å². The summed E-state index contributed by atoms with van der Waals surface area (Å²) in [5.74, 6) is 0.718. The first-order chi connectivity index (χ1) is 8.41. The van der Waals surface area contributed by atoms with Crippen molar-refractivity contribution in [1.29, 1.82) is 0 Å². The summed E-state index contributed by atoms with van der Waals surface area (Å²) in [6, 6.07) is 7.00. The van der Waals surface area contributed by atoms with E-state index in [0.717, 1.165) is 0 Å². The first-order valence-electron chi connectivity index (χ1n) is 5.85. The van der Waals surface area contributed by atoms with Crippen LogP contribution in [0.25, 0.3) is 0 Å². The second kappa shape index (κ2) is 6.61. The van der Waals surface area contributed by atoms with Crippen molar-refractivity contribution in [2.24, 2.45) is 5.92 Å². The maximum Gasteiger partial charge on any atom is 0.214 e. The van der Waals surface area contributed by atoms with Crippen LogP contribution in [0.4, 0.5) is 5.69 Å². The number of ether oxygens (including phenoxy) is 1. The zero-order valence-electron chi connectivity index (χ0n) is 10.7. The van der Waals surface area contributed by atoms with Gasteiger partial charge in [0.05, 0.1) is 11.4 Å². The van der Waals surface area contributed by atoms with Crippen molar-refractivity contribution < 1.29 is 13.2 Å². The van der Waals surface area contributed by atoms with Crippen LogP contribution in [0.5, 0.6) is 5.75 Å². The largest absolute Gasteiger partial charge is 0.490 e. The van der Waals surface area contributed by atoms with Gasteiger partial charge in [-0.15, -0.1) is 0 Å². The molecule has 0 aliphatic rings. The second-order valence-electron chi connectivity index (χ2n) is 4.45. The van der Waals surface area contributed by atoms with Crippen LogP contribution in [0.3, 0.4) is 0 Å². The molecule has 0 bridgehead atoms. The second-order valence-corrected chi connectivity index (χ2v) is 6.37. The van der Waals surface area contributed by atoms with Gasteiger partial charge in [-0.3, -0.25) is 0 Å². The molecule has 0 aliphatic carbocycles. The van der Waals surface area contributed by atoms with E-state index in [4.69, 9.17) is 10.5 Å². The lowest BCUT2D eigenvalue weighted by molar-refractivity contribution is 0.342. The molecule has 0 aromatic heterocycles. The number of nitrogens with one attached hydrogen (secondary N) is 1. The quantitative estimate of drug-likeness (QED) is 0.731. The molecule has 0 atom stereocenters. The number of benzene rings is 1. The maximum atomic E-state index is 11.6. The van der Waals surface area contributed by atoms with Crippen LogP contribution in [0.15, 0.2) is 24.3 Å². The molecular formula is C12H20N2O3S. The van der Waals surface area contributed by atoms with E-state index in [2.05, 4.69) is 4.72 Å². The highest BCUT2D eigenvalue weighted by Crippen LogP contribution is 2.19. The van der Waals surface area contributed by atoms with Gasteiger partial charge in [0.25, 0.3) is 0 Å². The highest BCUT2D eigenvalue weighted by Gasteiger charge is 2.11. The Balaban J connectivity index is 2.40. The van der Waals surface area contributed by atoms with Gasteiger partial charge < -0.3 is 10.5 Å². The van der Waals surface area contributed by atoms with Crippen LogP contribution >= 0.6 is 0 Å². The number of anilines is 1. The summed E-state index contributed by atoms with van der Waals surface area (Å²) in [7, 11) is -3.28. The number of hydrogen-bond donors (Lipinski definition) is 2. The predicted octanol–water partition coefficient (Wildman–Crippen LogP) is 1.22. The summed E-state index contributed by atoms with van der Waals surface area (Å²) in [4.78, 5) is 0. The van der Waals surface area contributed by atoms with E-state index in [9.17, 15) is 8.42 Å². The maximum absolute atomic E-state index is 11.6. The Morgan fingerprint density at radius 1 is 1.33 bits per heavy atom. The van der Waals surface area contributed by atoms with E-state index >= 15 is 0 Å². The van der Waals surface area contributed by atoms with Gasteiger partial charge in [-0.1, -0.05) is 26.0 Å². The molecule has 0 aliphatic heterocycles. The monoisotopic (exact) mass is 272 g/mol. The molecule has 6 heteroatoms. The minimum Gasteiger partial charge on any atom is -0.490 e. The van der Waals surface area contributed by atoms with Crippen LogP contribution in [-0.4, -0.2) is 27.3 Å². The van der Waals surface area contributed by atoms with E-state index < -0.39 is 10.0 Å². The van der Waals surface area contributed by atoms with E-state index in [-0.39, 0.29) is 18.3 Å². The summed E-state index contributed by atoms with van der Waals surface area (Å²) in [5.41, 5.74) is 6.18. The van der Waals surface area contributed by atoms with Gasteiger partial charge in [-0.2, -0.15) is 0 Å². The molecule has 0 spiro atoms. The fourth-order valence-electron chi connectivity index (χ4n) is 1.24. The molecule has 0 radical (unpaired) electrons. The molecular weight excluding hydrogens is 252 g/mol. The molecule has 0 unspecified atom stereocenters. The third kappa shape index (κ3) is 5.37. The van der Waals surface area contributed by atoms with E-state index in [0.29, 0.717) is 18.0 Å². The molecule has 0 saturated carbocycles. The number of hydrogen-bond acceptors (Lipinski definition) is 4. The van der Waals surface area contributed by atoms with Crippen molar-refractivity contribution in [1.82, 2.24) is 4.72 Å². The fourth-order valence-corrected chi connectivity index (χ4v) is 2.27. The van der Waals surface area contributed by atoms with Gasteiger partial charge >= 0.3 is 0 Å². The molecule has 0 heterocycles. The van der Waals surface area contributed by atoms with Crippen molar-refractivity contribution in [2.75, 3.05) is 24.6 Å². The molecule has 18 heavy (non-hydrogen) atoms. The van der Waals surface area contributed by atoms with Crippen LogP contribution in [0.2, 0.25) is 0 Å². The molecule has 1 aromatic rings. The lowest BCUT2D eigenvalue weighted by atomic mass is 10.2. The Labute approximate surface area is 108 Å². The Hall–Kier alpha value is -1.27. The number of sulfonamides is 1. The minimum atomic E-state index is -3.28. The Morgan fingerprint density at radius 2 is 2.00 bits per heavy atom. The molecule has 5 nitrogen and oxygen atoms in total. The number of nitrogen functional groups attached to an aromatic ring is 1. The first-order valence-corrected chi connectivity index (χ1v) is 7.50. The molecule has 1 rings (SSSR count). The standard InChI is InChI=1S/C12H20N2O3S/c1-10(2)9-14-18(15,16)8-7-17-12-6-4-3-5-11(12)13/h3-6,10,14H,7-9,13H2,1-2H3. The van der Waals surface area contributed by atoms with Crippen molar-refractivity contribution in [3.63, 3.8) is 0 Å². The molecule has 3 N–H and O–H groups in total. The van der Waals surface area contributed by atoms with E-state index in [1.807, 2.05) is 13.8 Å². The number of nitrogens with two attached hydrogens (primary N) is 1. The molecule has 1 aromatic carbocycles.